The maximum absolute atomic E-state index is 11.4. The Morgan fingerprint density at radius 2 is 1.74 bits per heavy atom. The number of fused-ring (bicyclic) bond motifs is 2. The van der Waals surface area contributed by atoms with Crippen molar-refractivity contribution in [1.82, 2.24) is 9.55 Å². The van der Waals surface area contributed by atoms with Gasteiger partial charge in [-0.25, -0.2) is 4.98 Å². The zero-order valence-corrected chi connectivity index (χ0v) is 20.3. The quantitative estimate of drug-likeness (QED) is 0.327. The van der Waals surface area contributed by atoms with Crippen molar-refractivity contribution in [1.29, 1.82) is 0 Å². The van der Waals surface area contributed by atoms with Crippen molar-refractivity contribution in [3.63, 3.8) is 0 Å². The molecular formula is C30H33N3O2. The number of nitrogens with zero attached hydrogens (tertiary/aromatic N) is 2. The lowest BCUT2D eigenvalue weighted by atomic mass is 9.92. The third-order valence-electron chi connectivity index (χ3n) is 7.39. The third kappa shape index (κ3) is 4.61. The Bertz CT molecular complexity index is 1310. The summed E-state index contributed by atoms with van der Waals surface area (Å²) < 4.78 is 2.45. The Morgan fingerprint density at radius 1 is 0.943 bits per heavy atom. The van der Waals surface area contributed by atoms with Crippen LogP contribution in [0.1, 0.15) is 72.1 Å². The minimum Gasteiger partial charge on any atom is -0.400 e. The van der Waals surface area contributed by atoms with Gasteiger partial charge in [0.15, 0.2) is 0 Å². The number of carbonyl (C=O) groups is 1. The molecule has 0 spiro atoms. The van der Waals surface area contributed by atoms with Crippen LogP contribution in [0.15, 0.2) is 66.7 Å². The lowest BCUT2D eigenvalue weighted by molar-refractivity contribution is 0.112. The maximum atomic E-state index is 11.4. The fourth-order valence-electron chi connectivity index (χ4n) is 5.68. The summed E-state index contributed by atoms with van der Waals surface area (Å²) in [4.78, 5) is 16.4. The van der Waals surface area contributed by atoms with E-state index in [1.807, 2.05) is 12.1 Å². The highest BCUT2D eigenvalue weighted by atomic mass is 16.2. The molecule has 0 bridgehead atoms. The van der Waals surface area contributed by atoms with Crippen molar-refractivity contribution in [2.24, 2.45) is 0 Å². The highest BCUT2D eigenvalue weighted by Gasteiger charge is 2.24. The number of nitrogens with one attached hydrogen (secondary N) is 1. The second-order valence-electron chi connectivity index (χ2n) is 9.48. The van der Waals surface area contributed by atoms with E-state index in [2.05, 4.69) is 64.5 Å². The molecular weight excluding hydrogens is 434 g/mol. The van der Waals surface area contributed by atoms with Crippen molar-refractivity contribution in [2.75, 3.05) is 12.4 Å². The highest BCUT2D eigenvalue weighted by Crippen LogP contribution is 2.39. The van der Waals surface area contributed by atoms with Crippen LogP contribution in [0.25, 0.3) is 22.4 Å². The van der Waals surface area contributed by atoms with Crippen LogP contribution in [-0.2, 0) is 6.42 Å². The molecule has 5 heteroatoms. The average Bonchev–Trinajstić information content (AvgIpc) is 3.33. The van der Waals surface area contributed by atoms with Gasteiger partial charge in [0.2, 0.25) is 0 Å². The summed E-state index contributed by atoms with van der Waals surface area (Å²) in [6.07, 6.45) is 9.29. The van der Waals surface area contributed by atoms with Crippen LogP contribution in [0.4, 0.5) is 5.69 Å². The van der Waals surface area contributed by atoms with Gasteiger partial charge in [0.05, 0.1) is 17.1 Å². The number of benzene rings is 3. The second-order valence-corrected chi connectivity index (χ2v) is 9.48. The molecule has 0 radical (unpaired) electrons. The first-order chi connectivity index (χ1) is 17.3. The summed E-state index contributed by atoms with van der Waals surface area (Å²) in [6, 6.07) is 24.2. The predicted octanol–water partition coefficient (Wildman–Crippen LogP) is 6.73. The van der Waals surface area contributed by atoms with E-state index in [1.165, 1.54) is 54.5 Å². The van der Waals surface area contributed by atoms with Gasteiger partial charge in [-0.1, -0.05) is 49.6 Å². The van der Waals surface area contributed by atoms with E-state index in [4.69, 9.17) is 10.1 Å². The molecule has 2 heterocycles. The van der Waals surface area contributed by atoms with E-state index >= 15 is 0 Å². The van der Waals surface area contributed by atoms with Crippen molar-refractivity contribution < 1.29 is 9.90 Å². The van der Waals surface area contributed by atoms with Gasteiger partial charge in [-0.15, -0.1) is 0 Å². The Hall–Kier alpha value is -3.44. The number of hydrogen-bond donors (Lipinski definition) is 2. The lowest BCUT2D eigenvalue weighted by Gasteiger charge is -2.28. The molecule has 0 saturated heterocycles. The number of aryl methyl sites for hydroxylation is 1. The number of aldehydes is 1. The number of imidazole rings is 1. The molecule has 1 atom stereocenters. The maximum Gasteiger partial charge on any atom is 0.150 e. The lowest BCUT2D eigenvalue weighted by Crippen LogP contribution is -2.18. The fraction of sp³-hybridized carbons (Fsp3) is 0.333. The number of carbonyl (C=O) groups excluding carboxylic acids is 1. The molecule has 1 saturated carbocycles. The number of aliphatic hydroxyl groups is 1. The summed E-state index contributed by atoms with van der Waals surface area (Å²) in [7, 11) is 1.00. The van der Waals surface area contributed by atoms with Crippen LogP contribution < -0.4 is 5.32 Å². The Balaban J connectivity index is 0.00000124. The molecule has 35 heavy (non-hydrogen) atoms. The Labute approximate surface area is 206 Å². The van der Waals surface area contributed by atoms with Crippen LogP contribution in [0.5, 0.6) is 0 Å². The van der Waals surface area contributed by atoms with Gasteiger partial charge in [0.1, 0.15) is 12.1 Å². The molecule has 0 amide bonds. The Kier molecular flexibility index (Phi) is 6.96. The minimum atomic E-state index is 0.359. The average molecular weight is 468 g/mol. The van der Waals surface area contributed by atoms with Gasteiger partial charge in [0, 0.05) is 30.0 Å². The first kappa shape index (κ1) is 23.3. The van der Waals surface area contributed by atoms with Crippen LogP contribution in [0, 0.1) is 0 Å². The smallest absolute Gasteiger partial charge is 0.150 e. The predicted molar refractivity (Wildman–Crippen MR) is 142 cm³/mol. The monoisotopic (exact) mass is 467 g/mol. The first-order valence-corrected chi connectivity index (χ1v) is 12.7. The van der Waals surface area contributed by atoms with Crippen LogP contribution >= 0.6 is 0 Å². The molecule has 1 aromatic heterocycles. The van der Waals surface area contributed by atoms with Crippen molar-refractivity contribution in [3.05, 3.63) is 83.4 Å². The van der Waals surface area contributed by atoms with Gasteiger partial charge in [-0.2, -0.15) is 0 Å². The third-order valence-corrected chi connectivity index (χ3v) is 7.39. The van der Waals surface area contributed by atoms with E-state index in [0.717, 1.165) is 43.1 Å². The minimum absolute atomic E-state index is 0.359. The van der Waals surface area contributed by atoms with Crippen molar-refractivity contribution >= 4 is 23.0 Å². The number of aliphatic hydroxyl groups excluding tert-OH is 1. The molecule has 6 rings (SSSR count). The summed E-state index contributed by atoms with van der Waals surface area (Å²) in [5.41, 5.74) is 7.84. The Morgan fingerprint density at radius 3 is 2.51 bits per heavy atom. The van der Waals surface area contributed by atoms with Crippen molar-refractivity contribution in [3.8, 4) is 11.4 Å². The number of anilines is 1. The molecule has 5 nitrogen and oxygen atoms in total. The zero-order chi connectivity index (χ0) is 24.2. The number of aromatic nitrogens is 2. The molecule has 1 fully saturated rings. The van der Waals surface area contributed by atoms with Crippen LogP contribution in [0.2, 0.25) is 0 Å². The molecule has 4 aromatic rings. The van der Waals surface area contributed by atoms with Gasteiger partial charge in [-0.05, 0) is 73.2 Å². The largest absolute Gasteiger partial charge is 0.400 e. The number of rotatable bonds is 4. The standard InChI is InChI=1S/C29H29N3O.CH4O/c33-19-20-11-16-28-27(17-20)31-29(32(28)24-9-5-2-6-10-24)23-13-15-26-22(18-23)12-14-25(30-26)21-7-3-1-4-8-21;1-2/h1,3-4,7-8,11,13,15-19,24-25,30H,2,5-6,9-10,12,14H2;2H,1H3. The summed E-state index contributed by atoms with van der Waals surface area (Å²) in [5, 5.41) is 10.7. The van der Waals surface area contributed by atoms with E-state index in [0.29, 0.717) is 17.6 Å². The molecule has 1 aliphatic heterocycles. The van der Waals surface area contributed by atoms with E-state index < -0.39 is 0 Å². The van der Waals surface area contributed by atoms with Gasteiger partial charge in [0.25, 0.3) is 0 Å². The number of hydrogen-bond acceptors (Lipinski definition) is 4. The highest BCUT2D eigenvalue weighted by molar-refractivity contribution is 5.87. The molecule has 180 valence electrons. The normalized spacial score (nSPS) is 17.7. The van der Waals surface area contributed by atoms with Crippen LogP contribution in [0.3, 0.4) is 0 Å². The van der Waals surface area contributed by atoms with Gasteiger partial charge < -0.3 is 15.0 Å². The van der Waals surface area contributed by atoms with E-state index in [-0.39, 0.29) is 0 Å². The molecule has 1 aliphatic carbocycles. The van der Waals surface area contributed by atoms with Gasteiger partial charge in [-0.3, -0.25) is 4.79 Å². The molecule has 2 aliphatic rings. The SMILES string of the molecule is CO.O=Cc1ccc2c(c1)nc(-c1ccc3c(c1)CCC(c1ccccc1)N3)n2C1CCCCC1. The van der Waals surface area contributed by atoms with E-state index in [9.17, 15) is 4.79 Å². The van der Waals surface area contributed by atoms with Crippen LogP contribution in [-0.4, -0.2) is 28.1 Å². The molecule has 1 unspecified atom stereocenters. The summed E-state index contributed by atoms with van der Waals surface area (Å²) in [6.45, 7) is 0. The molecule has 3 aromatic carbocycles. The summed E-state index contributed by atoms with van der Waals surface area (Å²) in [5.74, 6) is 1.04. The van der Waals surface area contributed by atoms with Gasteiger partial charge >= 0.3 is 0 Å². The zero-order valence-electron chi connectivity index (χ0n) is 20.3. The molecule has 2 N–H and O–H groups in total. The second kappa shape index (κ2) is 10.4. The summed E-state index contributed by atoms with van der Waals surface area (Å²) >= 11 is 0. The topological polar surface area (TPSA) is 67.2 Å². The first-order valence-electron chi connectivity index (χ1n) is 12.7. The van der Waals surface area contributed by atoms with E-state index in [1.54, 1.807) is 0 Å². The van der Waals surface area contributed by atoms with Crippen molar-refractivity contribution in [2.45, 2.75) is 57.0 Å². The fourth-order valence-corrected chi connectivity index (χ4v) is 5.68.